The average molecular weight is 390 g/mol. The molecular weight excluding hydrogens is 370 g/mol. The summed E-state index contributed by atoms with van der Waals surface area (Å²) in [6.07, 6.45) is 1.90. The number of nitrogens with one attached hydrogen (secondary N) is 2. The Hall–Kier alpha value is -3.00. The molecule has 1 unspecified atom stereocenters. The van der Waals surface area contributed by atoms with E-state index in [1.807, 2.05) is 6.07 Å². The first-order valence-electron chi connectivity index (χ1n) is 8.76. The van der Waals surface area contributed by atoms with Gasteiger partial charge in [-0.05, 0) is 54.7 Å². The molecule has 3 N–H and O–H groups in total. The van der Waals surface area contributed by atoms with E-state index in [9.17, 15) is 23.5 Å². The van der Waals surface area contributed by atoms with E-state index in [-0.39, 0.29) is 12.2 Å². The van der Waals surface area contributed by atoms with Crippen LogP contribution in [0.5, 0.6) is 5.75 Å². The molecular formula is C20H20F2N2O4. The number of hydrogen-bond donors (Lipinski definition) is 3. The van der Waals surface area contributed by atoms with E-state index in [0.717, 1.165) is 24.1 Å². The van der Waals surface area contributed by atoms with E-state index in [1.165, 1.54) is 0 Å². The fourth-order valence-electron chi connectivity index (χ4n) is 3.32. The number of benzene rings is 2. The smallest absolute Gasteiger partial charge is 0.313 e. The molecule has 28 heavy (non-hydrogen) atoms. The minimum absolute atomic E-state index is 0.176. The SMILES string of the molecule is COc1ccc2c(c1)CCCC2(O)CNC(=O)C(=O)Nc1ccc(F)cc1F. The summed E-state index contributed by atoms with van der Waals surface area (Å²) in [5.74, 6) is -3.25. The number of carbonyl (C=O) groups excluding carboxylic acids is 2. The molecule has 0 fully saturated rings. The maximum Gasteiger partial charge on any atom is 0.313 e. The predicted molar refractivity (Wildman–Crippen MR) is 97.8 cm³/mol. The van der Waals surface area contributed by atoms with Crippen molar-refractivity contribution >= 4 is 17.5 Å². The van der Waals surface area contributed by atoms with Crippen molar-refractivity contribution in [3.05, 3.63) is 59.2 Å². The summed E-state index contributed by atoms with van der Waals surface area (Å²) in [6, 6.07) is 7.89. The summed E-state index contributed by atoms with van der Waals surface area (Å²) in [5.41, 5.74) is -0.0444. The van der Waals surface area contributed by atoms with Crippen LogP contribution >= 0.6 is 0 Å². The van der Waals surface area contributed by atoms with Crippen molar-refractivity contribution in [3.63, 3.8) is 0 Å². The third kappa shape index (κ3) is 4.12. The maximum absolute atomic E-state index is 13.6. The van der Waals surface area contributed by atoms with Gasteiger partial charge in [-0.15, -0.1) is 0 Å². The van der Waals surface area contributed by atoms with Crippen molar-refractivity contribution < 1.29 is 28.2 Å². The average Bonchev–Trinajstić information content (AvgIpc) is 2.68. The van der Waals surface area contributed by atoms with Gasteiger partial charge in [-0.25, -0.2) is 8.78 Å². The van der Waals surface area contributed by atoms with Crippen LogP contribution in [-0.2, 0) is 21.6 Å². The number of amides is 2. The van der Waals surface area contributed by atoms with Crippen LogP contribution in [0.3, 0.4) is 0 Å². The highest BCUT2D eigenvalue weighted by Gasteiger charge is 2.35. The lowest BCUT2D eigenvalue weighted by atomic mass is 9.79. The topological polar surface area (TPSA) is 87.7 Å². The molecule has 2 aromatic carbocycles. The van der Waals surface area contributed by atoms with Gasteiger partial charge in [0.05, 0.1) is 19.3 Å². The first-order valence-corrected chi connectivity index (χ1v) is 8.76. The van der Waals surface area contributed by atoms with Crippen LogP contribution in [0.4, 0.5) is 14.5 Å². The Balaban J connectivity index is 1.66. The lowest BCUT2D eigenvalue weighted by molar-refractivity contribution is -0.137. The minimum atomic E-state index is -1.32. The van der Waals surface area contributed by atoms with E-state index >= 15 is 0 Å². The fourth-order valence-corrected chi connectivity index (χ4v) is 3.32. The second kappa shape index (κ2) is 7.93. The molecule has 1 aliphatic carbocycles. The number of aryl methyl sites for hydroxylation is 1. The second-order valence-electron chi connectivity index (χ2n) is 6.67. The van der Waals surface area contributed by atoms with E-state index in [4.69, 9.17) is 4.74 Å². The number of ether oxygens (including phenoxy) is 1. The molecule has 148 valence electrons. The lowest BCUT2D eigenvalue weighted by Crippen LogP contribution is -2.46. The second-order valence-corrected chi connectivity index (χ2v) is 6.67. The van der Waals surface area contributed by atoms with Crippen molar-refractivity contribution in [1.82, 2.24) is 5.32 Å². The standard InChI is InChI=1S/C20H20F2N2O4/c1-28-14-5-6-15-12(9-14)3-2-8-20(15,27)11-23-18(25)19(26)24-17-7-4-13(21)10-16(17)22/h4-7,9-10,27H,2-3,8,11H2,1H3,(H,23,25)(H,24,26). The summed E-state index contributed by atoms with van der Waals surface area (Å²) in [4.78, 5) is 24.0. The highest BCUT2D eigenvalue weighted by molar-refractivity contribution is 6.39. The first-order chi connectivity index (χ1) is 13.3. The Morgan fingerprint density at radius 2 is 1.96 bits per heavy atom. The van der Waals surface area contributed by atoms with Crippen LogP contribution in [0.1, 0.15) is 24.0 Å². The zero-order chi connectivity index (χ0) is 20.3. The Kier molecular flexibility index (Phi) is 5.60. The quantitative estimate of drug-likeness (QED) is 0.699. The number of halogens is 2. The third-order valence-corrected chi connectivity index (χ3v) is 4.78. The van der Waals surface area contributed by atoms with Crippen molar-refractivity contribution in [3.8, 4) is 5.75 Å². The molecule has 1 aliphatic rings. The van der Waals surface area contributed by atoms with Crippen molar-refractivity contribution in [2.45, 2.75) is 24.9 Å². The number of aliphatic hydroxyl groups is 1. The summed E-state index contributed by atoms with van der Waals surface area (Å²) < 4.78 is 31.7. The van der Waals surface area contributed by atoms with Gasteiger partial charge in [0.1, 0.15) is 23.0 Å². The molecule has 0 spiro atoms. The summed E-state index contributed by atoms with van der Waals surface area (Å²) in [5, 5.41) is 15.5. The third-order valence-electron chi connectivity index (χ3n) is 4.78. The number of rotatable bonds is 4. The van der Waals surface area contributed by atoms with Crippen LogP contribution in [-0.4, -0.2) is 30.6 Å². The fraction of sp³-hybridized carbons (Fsp3) is 0.300. The molecule has 1 atom stereocenters. The molecule has 0 saturated carbocycles. The molecule has 2 amide bonds. The molecule has 0 aliphatic heterocycles. The normalized spacial score (nSPS) is 18.1. The Labute approximate surface area is 160 Å². The monoisotopic (exact) mass is 390 g/mol. The maximum atomic E-state index is 13.6. The summed E-state index contributed by atoms with van der Waals surface area (Å²) in [6.45, 7) is -0.176. The number of carbonyl (C=O) groups is 2. The molecule has 3 rings (SSSR count). The summed E-state index contributed by atoms with van der Waals surface area (Å²) in [7, 11) is 1.56. The van der Waals surface area contributed by atoms with Gasteiger partial charge < -0.3 is 20.5 Å². The van der Waals surface area contributed by atoms with E-state index in [1.54, 1.807) is 19.2 Å². The number of hydrogen-bond acceptors (Lipinski definition) is 4. The largest absolute Gasteiger partial charge is 0.497 e. The van der Waals surface area contributed by atoms with E-state index in [0.29, 0.717) is 30.2 Å². The van der Waals surface area contributed by atoms with Crippen LogP contribution < -0.4 is 15.4 Å². The van der Waals surface area contributed by atoms with Crippen LogP contribution in [0.15, 0.2) is 36.4 Å². The lowest BCUT2D eigenvalue weighted by Gasteiger charge is -2.34. The molecule has 0 radical (unpaired) electrons. The Morgan fingerprint density at radius 1 is 1.18 bits per heavy atom. The van der Waals surface area contributed by atoms with Crippen molar-refractivity contribution in [1.29, 1.82) is 0 Å². The number of fused-ring (bicyclic) bond motifs is 1. The zero-order valence-corrected chi connectivity index (χ0v) is 15.2. The van der Waals surface area contributed by atoms with Crippen LogP contribution in [0, 0.1) is 11.6 Å². The van der Waals surface area contributed by atoms with Gasteiger partial charge in [0.15, 0.2) is 0 Å². The Morgan fingerprint density at radius 3 is 2.68 bits per heavy atom. The van der Waals surface area contributed by atoms with Gasteiger partial charge in [-0.2, -0.15) is 0 Å². The van der Waals surface area contributed by atoms with Gasteiger partial charge >= 0.3 is 11.8 Å². The Bertz CT molecular complexity index is 919. The minimum Gasteiger partial charge on any atom is -0.497 e. The number of anilines is 1. The van der Waals surface area contributed by atoms with Gasteiger partial charge in [0, 0.05) is 6.07 Å². The van der Waals surface area contributed by atoms with Gasteiger partial charge in [-0.1, -0.05) is 6.07 Å². The summed E-state index contributed by atoms with van der Waals surface area (Å²) >= 11 is 0. The molecule has 0 saturated heterocycles. The van der Waals surface area contributed by atoms with Crippen LogP contribution in [0.25, 0.3) is 0 Å². The predicted octanol–water partition coefficient (Wildman–Crippen LogP) is 2.25. The van der Waals surface area contributed by atoms with Gasteiger partial charge in [0.25, 0.3) is 0 Å². The van der Waals surface area contributed by atoms with Crippen molar-refractivity contribution in [2.24, 2.45) is 0 Å². The first kappa shape index (κ1) is 19.8. The molecule has 0 aromatic heterocycles. The van der Waals surface area contributed by atoms with Gasteiger partial charge in [0.2, 0.25) is 0 Å². The molecule has 8 heteroatoms. The van der Waals surface area contributed by atoms with E-state index < -0.39 is 29.0 Å². The van der Waals surface area contributed by atoms with Crippen molar-refractivity contribution in [2.75, 3.05) is 19.0 Å². The zero-order valence-electron chi connectivity index (χ0n) is 15.2. The van der Waals surface area contributed by atoms with Crippen LogP contribution in [0.2, 0.25) is 0 Å². The molecule has 6 nitrogen and oxygen atoms in total. The van der Waals surface area contributed by atoms with Gasteiger partial charge in [-0.3, -0.25) is 9.59 Å². The number of methoxy groups -OCH3 is 1. The highest BCUT2D eigenvalue weighted by Crippen LogP contribution is 2.36. The van der Waals surface area contributed by atoms with E-state index in [2.05, 4.69) is 10.6 Å². The molecule has 0 heterocycles. The highest BCUT2D eigenvalue weighted by atomic mass is 19.1. The molecule has 2 aromatic rings. The molecule has 0 bridgehead atoms.